The predicted molar refractivity (Wildman–Crippen MR) is 226 cm³/mol. The molecule has 2 aromatic carbocycles. The number of carbonyl (C=O) groups is 4. The molecule has 0 aliphatic carbocycles. The first-order valence-electron chi connectivity index (χ1n) is 19.4. The number of hydrogen-bond donors (Lipinski definition) is 4. The van der Waals surface area contributed by atoms with Gasteiger partial charge in [0.15, 0.2) is 0 Å². The highest BCUT2D eigenvalue weighted by Gasteiger charge is 2.38. The van der Waals surface area contributed by atoms with Crippen LogP contribution < -0.4 is 10.6 Å². The molecular weight excluding hydrogens is 789 g/mol. The van der Waals surface area contributed by atoms with Crippen LogP contribution in [-0.2, 0) is 19.1 Å². The summed E-state index contributed by atoms with van der Waals surface area (Å²) >= 11 is 3.37. The summed E-state index contributed by atoms with van der Waals surface area (Å²) in [6, 6.07) is 15.2. The quantitative estimate of drug-likeness (QED) is 0.0951. The maximum Gasteiger partial charge on any atom is 0.407 e. The Bertz CT molecular complexity index is 2500. The summed E-state index contributed by atoms with van der Waals surface area (Å²) < 4.78 is 11.9. The predicted octanol–water partition coefficient (Wildman–Crippen LogP) is 7.99. The van der Waals surface area contributed by atoms with E-state index in [4.69, 9.17) is 14.5 Å². The van der Waals surface area contributed by atoms with Crippen molar-refractivity contribution in [2.45, 2.75) is 50.9 Å². The van der Waals surface area contributed by atoms with Crippen LogP contribution in [-0.4, -0.2) is 87.1 Å². The fourth-order valence-electron chi connectivity index (χ4n) is 7.77. The summed E-state index contributed by atoms with van der Waals surface area (Å²) in [5.41, 5.74) is 6.63. The number of aromatic amines is 2. The van der Waals surface area contributed by atoms with E-state index in [0.29, 0.717) is 30.3 Å². The second-order valence-electron chi connectivity index (χ2n) is 14.8. The number of nitrogens with one attached hydrogen (secondary N) is 4. The molecule has 4 atom stereocenters. The van der Waals surface area contributed by atoms with Gasteiger partial charge < -0.3 is 39.9 Å². The topological polar surface area (TPSA) is 175 Å². The van der Waals surface area contributed by atoms with Crippen LogP contribution in [0.3, 0.4) is 0 Å². The lowest BCUT2D eigenvalue weighted by atomic mass is 10.0. The van der Waals surface area contributed by atoms with Gasteiger partial charge in [0.1, 0.15) is 29.8 Å². The van der Waals surface area contributed by atoms with Crippen molar-refractivity contribution in [2.24, 2.45) is 5.92 Å². The van der Waals surface area contributed by atoms with E-state index in [-0.39, 0.29) is 23.8 Å². The Morgan fingerprint density at radius 1 is 0.780 bits per heavy atom. The number of likely N-dealkylation sites (tertiary alicyclic amines) is 1. The van der Waals surface area contributed by atoms with Gasteiger partial charge in [-0.2, -0.15) is 0 Å². The van der Waals surface area contributed by atoms with E-state index in [1.165, 1.54) is 18.9 Å². The lowest BCUT2D eigenvalue weighted by Crippen LogP contribution is -2.51. The summed E-state index contributed by atoms with van der Waals surface area (Å²) in [5.74, 6) is 0.799. The van der Waals surface area contributed by atoms with E-state index in [0.717, 1.165) is 51.2 Å². The van der Waals surface area contributed by atoms with Crippen LogP contribution >= 0.6 is 22.7 Å². The number of amides is 4. The Morgan fingerprint density at radius 2 is 1.42 bits per heavy atom. The van der Waals surface area contributed by atoms with E-state index in [1.807, 2.05) is 62.5 Å². The van der Waals surface area contributed by atoms with Crippen molar-refractivity contribution in [3.8, 4) is 33.6 Å². The summed E-state index contributed by atoms with van der Waals surface area (Å²) in [7, 11) is 2.56. The third kappa shape index (κ3) is 7.84. The Kier molecular flexibility index (Phi) is 11.3. The third-order valence-electron chi connectivity index (χ3n) is 10.9. The Labute approximate surface area is 348 Å². The van der Waals surface area contributed by atoms with E-state index in [9.17, 15) is 19.2 Å². The number of H-pyrrole nitrogens is 2. The molecule has 14 nitrogen and oxygen atoms in total. The van der Waals surface area contributed by atoms with Crippen LogP contribution in [0.25, 0.3) is 43.0 Å². The molecule has 6 aromatic rings. The van der Waals surface area contributed by atoms with Gasteiger partial charge in [0.2, 0.25) is 5.91 Å². The van der Waals surface area contributed by atoms with Gasteiger partial charge >= 0.3 is 12.2 Å². The standard InChI is InChI=1S/C43H44N8O6S2/c1-24(2)34(48-42(54)56-3)40(52)50-18-8-12-32(50)38-44-20-30(46-38)26-16-14-25(15-17-26)28-22-58-37-29(23-59-36(28)37)31-21-45-39(47-31)33-13-9-19-51(33)41(53)35(49-43(55)57-4)27-10-6-5-7-11-27/h5-8,10-12,14-17,20-24,32-35H,9,13,18-19H2,1-4H3,(H,44,46)(H,45,47)(H,48,54)(H,49,55)/t32-,33-,34?,35+/m0/s1. The number of fused-ring (bicyclic) bond motifs is 1. The number of thiophene rings is 2. The molecule has 2 aliphatic heterocycles. The third-order valence-corrected chi connectivity index (χ3v) is 13.0. The van der Waals surface area contributed by atoms with Gasteiger partial charge in [-0.3, -0.25) is 9.59 Å². The summed E-state index contributed by atoms with van der Waals surface area (Å²) in [4.78, 5) is 71.6. The summed E-state index contributed by atoms with van der Waals surface area (Å²) in [6.07, 6.45) is 7.74. The first-order valence-corrected chi connectivity index (χ1v) is 21.1. The highest BCUT2D eigenvalue weighted by atomic mass is 32.1. The highest BCUT2D eigenvalue weighted by molar-refractivity contribution is 7.27. The van der Waals surface area contributed by atoms with Gasteiger partial charge in [-0.05, 0) is 35.4 Å². The molecule has 0 bridgehead atoms. The maximum atomic E-state index is 14.0. The smallest absolute Gasteiger partial charge is 0.407 e. The molecule has 0 saturated carbocycles. The Balaban J connectivity index is 0.970. The van der Waals surface area contributed by atoms with Gasteiger partial charge in [0.05, 0.1) is 53.4 Å². The van der Waals surface area contributed by atoms with Crippen LogP contribution in [0.5, 0.6) is 0 Å². The zero-order valence-electron chi connectivity index (χ0n) is 32.9. The first-order chi connectivity index (χ1) is 28.6. The number of methoxy groups -OCH3 is 2. The SMILES string of the molecule is COC(=O)NC(C(=O)N1CC=C[C@H]1c1ncc(-c2ccc(-c3csc4c(-c5cnc([C@@H]6CCCN6C(=O)[C@H](NC(=O)OC)c6ccccc6)[nH]5)csc34)cc2)[nH]1)C(C)C. The largest absolute Gasteiger partial charge is 0.453 e. The normalized spacial score (nSPS) is 17.4. The molecule has 8 rings (SSSR count). The number of ether oxygens (including phenoxy) is 2. The van der Waals surface area contributed by atoms with E-state index in [2.05, 4.69) is 60.6 Å². The maximum absolute atomic E-state index is 14.0. The fraction of sp³-hybridized carbons (Fsp3) is 0.302. The van der Waals surface area contributed by atoms with Gasteiger partial charge in [0, 0.05) is 35.0 Å². The molecule has 2 aliphatic rings. The van der Waals surface area contributed by atoms with Crippen molar-refractivity contribution in [2.75, 3.05) is 27.3 Å². The van der Waals surface area contributed by atoms with Crippen LogP contribution in [0.1, 0.15) is 62.0 Å². The van der Waals surface area contributed by atoms with Gasteiger partial charge in [0.25, 0.3) is 5.91 Å². The van der Waals surface area contributed by atoms with Crippen molar-refractivity contribution in [1.82, 2.24) is 40.4 Å². The van der Waals surface area contributed by atoms with Crippen molar-refractivity contribution < 1.29 is 28.7 Å². The summed E-state index contributed by atoms with van der Waals surface area (Å²) in [5, 5.41) is 9.72. The lowest BCUT2D eigenvalue weighted by Gasteiger charge is -2.29. The summed E-state index contributed by atoms with van der Waals surface area (Å²) in [6.45, 7) is 4.73. The molecule has 16 heteroatoms. The molecule has 304 valence electrons. The number of aromatic nitrogens is 4. The van der Waals surface area contributed by atoms with Gasteiger partial charge in [-0.15, -0.1) is 22.7 Å². The molecule has 4 amide bonds. The lowest BCUT2D eigenvalue weighted by molar-refractivity contribution is -0.135. The van der Waals surface area contributed by atoms with Crippen LogP contribution in [0.2, 0.25) is 0 Å². The van der Waals surface area contributed by atoms with E-state index >= 15 is 0 Å². The van der Waals surface area contributed by atoms with E-state index in [1.54, 1.807) is 38.7 Å². The van der Waals surface area contributed by atoms with Crippen molar-refractivity contribution >= 4 is 56.1 Å². The molecular formula is C43H44N8O6S2. The Hall–Kier alpha value is -6.26. The van der Waals surface area contributed by atoms with Crippen molar-refractivity contribution in [3.63, 3.8) is 0 Å². The number of benzene rings is 2. The van der Waals surface area contributed by atoms with Gasteiger partial charge in [-0.1, -0.05) is 80.6 Å². The first kappa shape index (κ1) is 39.6. The van der Waals surface area contributed by atoms with Gasteiger partial charge in [-0.25, -0.2) is 19.6 Å². The van der Waals surface area contributed by atoms with Crippen molar-refractivity contribution in [3.05, 3.63) is 107 Å². The number of hydrogen-bond acceptors (Lipinski definition) is 10. The zero-order valence-corrected chi connectivity index (χ0v) is 34.6. The molecule has 59 heavy (non-hydrogen) atoms. The molecule has 1 saturated heterocycles. The second kappa shape index (κ2) is 16.9. The molecule has 4 aromatic heterocycles. The van der Waals surface area contributed by atoms with E-state index < -0.39 is 30.3 Å². The fourth-order valence-corrected chi connectivity index (χ4v) is 10.2. The minimum absolute atomic E-state index is 0.136. The Morgan fingerprint density at radius 3 is 2.15 bits per heavy atom. The number of carbonyl (C=O) groups excluding carboxylic acids is 4. The molecule has 1 unspecified atom stereocenters. The monoisotopic (exact) mass is 832 g/mol. The average molecular weight is 833 g/mol. The molecule has 1 fully saturated rings. The number of rotatable bonds is 11. The second-order valence-corrected chi connectivity index (χ2v) is 16.5. The number of alkyl carbamates (subject to hydrolysis) is 2. The van der Waals surface area contributed by atoms with Crippen LogP contribution in [0, 0.1) is 5.92 Å². The number of nitrogens with zero attached hydrogens (tertiary/aromatic N) is 4. The van der Waals surface area contributed by atoms with Crippen LogP contribution in [0.15, 0.2) is 89.9 Å². The molecule has 0 radical (unpaired) electrons. The minimum atomic E-state index is -0.884. The zero-order chi connectivity index (χ0) is 41.2. The number of imidazole rings is 2. The molecule has 0 spiro atoms. The molecule has 6 heterocycles. The highest BCUT2D eigenvalue weighted by Crippen LogP contribution is 2.44. The van der Waals surface area contributed by atoms with Crippen molar-refractivity contribution in [1.29, 1.82) is 0 Å². The molecule has 4 N–H and O–H groups in total. The minimum Gasteiger partial charge on any atom is -0.453 e. The average Bonchev–Trinajstić information content (AvgIpc) is 4.11. The van der Waals surface area contributed by atoms with Crippen LogP contribution in [0.4, 0.5) is 9.59 Å².